The van der Waals surface area contributed by atoms with Crippen LogP contribution in [-0.4, -0.2) is 23.1 Å². The van der Waals surface area contributed by atoms with E-state index in [4.69, 9.17) is 5.73 Å². The summed E-state index contributed by atoms with van der Waals surface area (Å²) >= 11 is 1.63. The van der Waals surface area contributed by atoms with Crippen LogP contribution in [0.2, 0.25) is 0 Å². The van der Waals surface area contributed by atoms with E-state index in [0.29, 0.717) is 5.95 Å². The van der Waals surface area contributed by atoms with Crippen LogP contribution in [0.15, 0.2) is 11.4 Å². The molecule has 90 valence electrons. The van der Waals surface area contributed by atoms with Crippen molar-refractivity contribution in [1.82, 2.24) is 9.97 Å². The van der Waals surface area contributed by atoms with E-state index in [1.54, 1.807) is 11.3 Å². The lowest BCUT2D eigenvalue weighted by molar-refractivity contribution is 0.726. The molecule has 0 spiro atoms. The number of anilines is 2. The highest BCUT2D eigenvalue weighted by molar-refractivity contribution is 7.16. The van der Waals surface area contributed by atoms with Crippen molar-refractivity contribution in [2.45, 2.75) is 25.7 Å². The minimum atomic E-state index is 0.388. The van der Waals surface area contributed by atoms with Crippen molar-refractivity contribution in [2.75, 3.05) is 23.7 Å². The van der Waals surface area contributed by atoms with Gasteiger partial charge in [-0.05, 0) is 24.3 Å². The fourth-order valence-electron chi connectivity index (χ4n) is 2.38. The van der Waals surface area contributed by atoms with Crippen molar-refractivity contribution in [3.05, 3.63) is 11.4 Å². The molecule has 0 unspecified atom stereocenters. The molecular weight excluding hydrogens is 232 g/mol. The van der Waals surface area contributed by atoms with Crippen molar-refractivity contribution >= 4 is 33.3 Å². The van der Waals surface area contributed by atoms with Crippen molar-refractivity contribution in [1.29, 1.82) is 0 Å². The van der Waals surface area contributed by atoms with Gasteiger partial charge in [-0.3, -0.25) is 0 Å². The number of hydrogen-bond acceptors (Lipinski definition) is 5. The molecule has 0 saturated carbocycles. The zero-order valence-electron chi connectivity index (χ0n) is 9.72. The molecule has 1 saturated heterocycles. The second-order valence-corrected chi connectivity index (χ2v) is 5.34. The zero-order chi connectivity index (χ0) is 11.7. The molecule has 1 aliphatic heterocycles. The summed E-state index contributed by atoms with van der Waals surface area (Å²) in [6.45, 7) is 2.17. The molecule has 3 rings (SSSR count). The molecule has 3 heterocycles. The number of aromatic nitrogens is 2. The van der Waals surface area contributed by atoms with Crippen LogP contribution < -0.4 is 10.6 Å². The predicted octanol–water partition coefficient (Wildman–Crippen LogP) is 2.65. The van der Waals surface area contributed by atoms with Gasteiger partial charge in [0.2, 0.25) is 5.95 Å². The van der Waals surface area contributed by atoms with E-state index in [1.807, 2.05) is 0 Å². The molecule has 0 amide bonds. The summed E-state index contributed by atoms with van der Waals surface area (Å²) in [5.74, 6) is 1.41. The van der Waals surface area contributed by atoms with Crippen molar-refractivity contribution in [3.8, 4) is 0 Å². The van der Waals surface area contributed by atoms with Crippen LogP contribution in [-0.2, 0) is 0 Å². The number of thiophene rings is 1. The molecule has 17 heavy (non-hydrogen) atoms. The predicted molar refractivity (Wildman–Crippen MR) is 72.5 cm³/mol. The maximum Gasteiger partial charge on any atom is 0.223 e. The largest absolute Gasteiger partial charge is 0.368 e. The van der Waals surface area contributed by atoms with Gasteiger partial charge in [-0.1, -0.05) is 12.8 Å². The molecule has 0 aromatic carbocycles. The van der Waals surface area contributed by atoms with E-state index < -0.39 is 0 Å². The summed E-state index contributed by atoms with van der Waals surface area (Å²) < 4.78 is 0. The Morgan fingerprint density at radius 2 is 1.88 bits per heavy atom. The third-order valence-electron chi connectivity index (χ3n) is 3.23. The quantitative estimate of drug-likeness (QED) is 0.843. The Morgan fingerprint density at radius 1 is 1.12 bits per heavy atom. The fraction of sp³-hybridized carbons (Fsp3) is 0.500. The van der Waals surface area contributed by atoms with Gasteiger partial charge in [0.05, 0.1) is 5.39 Å². The summed E-state index contributed by atoms with van der Waals surface area (Å²) in [5, 5.41) is 3.20. The summed E-state index contributed by atoms with van der Waals surface area (Å²) in [6.07, 6.45) is 5.14. The van der Waals surface area contributed by atoms with Gasteiger partial charge < -0.3 is 10.6 Å². The Morgan fingerprint density at radius 3 is 2.65 bits per heavy atom. The highest BCUT2D eigenvalue weighted by Gasteiger charge is 2.16. The number of rotatable bonds is 1. The first-order valence-corrected chi connectivity index (χ1v) is 6.98. The Labute approximate surface area is 104 Å². The SMILES string of the molecule is Nc1nc(N2CCCCCC2)c2ccsc2n1. The third-order valence-corrected chi connectivity index (χ3v) is 4.03. The number of nitrogen functional groups attached to an aromatic ring is 1. The van der Waals surface area contributed by atoms with Crippen molar-refractivity contribution < 1.29 is 0 Å². The average Bonchev–Trinajstić information content (AvgIpc) is 2.62. The number of hydrogen-bond donors (Lipinski definition) is 1. The molecule has 0 radical (unpaired) electrons. The third kappa shape index (κ3) is 2.07. The van der Waals surface area contributed by atoms with Crippen molar-refractivity contribution in [2.24, 2.45) is 0 Å². The van der Waals surface area contributed by atoms with Crippen LogP contribution in [0.25, 0.3) is 10.2 Å². The molecule has 1 fully saturated rings. The molecule has 4 nitrogen and oxygen atoms in total. The molecule has 0 aliphatic carbocycles. The smallest absolute Gasteiger partial charge is 0.223 e. The van der Waals surface area contributed by atoms with Gasteiger partial charge in [-0.25, -0.2) is 4.98 Å². The fourth-order valence-corrected chi connectivity index (χ4v) is 3.14. The number of nitrogens with zero attached hydrogens (tertiary/aromatic N) is 3. The highest BCUT2D eigenvalue weighted by Crippen LogP contribution is 2.29. The minimum Gasteiger partial charge on any atom is -0.368 e. The Bertz CT molecular complexity index is 514. The molecule has 0 atom stereocenters. The molecule has 5 heteroatoms. The summed E-state index contributed by atoms with van der Waals surface area (Å²) in [7, 11) is 0. The van der Waals surface area contributed by atoms with Crippen LogP contribution in [0.5, 0.6) is 0 Å². The molecule has 2 N–H and O–H groups in total. The van der Waals surface area contributed by atoms with E-state index in [-0.39, 0.29) is 0 Å². The molecule has 2 aromatic heterocycles. The maximum absolute atomic E-state index is 5.79. The van der Waals surface area contributed by atoms with Crippen molar-refractivity contribution in [3.63, 3.8) is 0 Å². The van der Waals surface area contributed by atoms with Gasteiger partial charge in [0.1, 0.15) is 10.6 Å². The van der Waals surface area contributed by atoms with E-state index in [2.05, 4.69) is 26.3 Å². The first-order chi connectivity index (χ1) is 8.34. The van der Waals surface area contributed by atoms with E-state index in [0.717, 1.165) is 29.1 Å². The Kier molecular flexibility index (Phi) is 2.84. The minimum absolute atomic E-state index is 0.388. The van der Waals surface area contributed by atoms with E-state index >= 15 is 0 Å². The Balaban J connectivity index is 2.05. The lowest BCUT2D eigenvalue weighted by Gasteiger charge is -2.22. The molecule has 1 aliphatic rings. The van der Waals surface area contributed by atoms with Crippen LogP contribution >= 0.6 is 11.3 Å². The molecule has 0 bridgehead atoms. The second-order valence-electron chi connectivity index (χ2n) is 4.45. The van der Waals surface area contributed by atoms with E-state index in [1.165, 1.54) is 25.7 Å². The maximum atomic E-state index is 5.79. The lowest BCUT2D eigenvalue weighted by Crippen LogP contribution is -2.25. The van der Waals surface area contributed by atoms with Crippen LogP contribution in [0, 0.1) is 0 Å². The topological polar surface area (TPSA) is 55.0 Å². The van der Waals surface area contributed by atoms with Crippen LogP contribution in [0.4, 0.5) is 11.8 Å². The Hall–Kier alpha value is -1.36. The van der Waals surface area contributed by atoms with Crippen LogP contribution in [0.1, 0.15) is 25.7 Å². The van der Waals surface area contributed by atoms with Gasteiger partial charge in [0.25, 0.3) is 0 Å². The first kappa shape index (κ1) is 10.8. The standard InChI is InChI=1S/C12H16N4S/c13-12-14-10(9-5-8-17-11(9)15-12)16-6-3-1-2-4-7-16/h5,8H,1-4,6-7H2,(H2,13,14,15). The van der Waals surface area contributed by atoms with Gasteiger partial charge >= 0.3 is 0 Å². The highest BCUT2D eigenvalue weighted by atomic mass is 32.1. The van der Waals surface area contributed by atoms with E-state index in [9.17, 15) is 0 Å². The summed E-state index contributed by atoms with van der Waals surface area (Å²) in [6, 6.07) is 2.10. The molecular formula is C12H16N4S. The lowest BCUT2D eigenvalue weighted by atomic mass is 10.2. The number of nitrogens with two attached hydrogens (primary N) is 1. The van der Waals surface area contributed by atoms with Gasteiger partial charge in [-0.15, -0.1) is 11.3 Å². The molecule has 2 aromatic rings. The number of fused-ring (bicyclic) bond motifs is 1. The van der Waals surface area contributed by atoms with Gasteiger partial charge in [-0.2, -0.15) is 4.98 Å². The zero-order valence-corrected chi connectivity index (χ0v) is 10.5. The van der Waals surface area contributed by atoms with Crippen LogP contribution in [0.3, 0.4) is 0 Å². The average molecular weight is 248 g/mol. The first-order valence-electron chi connectivity index (χ1n) is 6.10. The monoisotopic (exact) mass is 248 g/mol. The summed E-state index contributed by atoms with van der Waals surface area (Å²) in [5.41, 5.74) is 5.79. The second kappa shape index (κ2) is 4.49. The van der Waals surface area contributed by atoms with Gasteiger partial charge in [0.15, 0.2) is 0 Å². The van der Waals surface area contributed by atoms with Gasteiger partial charge in [0, 0.05) is 13.1 Å². The summed E-state index contributed by atoms with van der Waals surface area (Å²) in [4.78, 5) is 12.1. The normalized spacial score (nSPS) is 17.3.